The van der Waals surface area contributed by atoms with Gasteiger partial charge in [-0.3, -0.25) is 4.79 Å². The molecule has 0 aliphatic carbocycles. The molecule has 0 radical (unpaired) electrons. The van der Waals surface area contributed by atoms with Crippen molar-refractivity contribution in [2.24, 2.45) is 0 Å². The highest BCUT2D eigenvalue weighted by Crippen LogP contribution is 2.27. The Morgan fingerprint density at radius 3 is 2.79 bits per heavy atom. The average Bonchev–Trinajstić information content (AvgIpc) is 2.94. The van der Waals surface area contributed by atoms with Crippen LogP contribution in [0, 0.1) is 0 Å². The highest BCUT2D eigenvalue weighted by atomic mass is 32.1. The number of benzene rings is 1. The number of amides is 1. The van der Waals surface area contributed by atoms with Crippen LogP contribution in [0.2, 0.25) is 0 Å². The molecule has 0 saturated carbocycles. The van der Waals surface area contributed by atoms with Crippen LogP contribution >= 0.6 is 11.3 Å². The maximum atomic E-state index is 12.1. The Kier molecular flexibility index (Phi) is 4.93. The molecule has 1 aromatic heterocycles. The summed E-state index contributed by atoms with van der Waals surface area (Å²) in [7, 11) is 0. The second kappa shape index (κ2) is 6.90. The average molecular weight is 271 g/mol. The highest BCUT2D eigenvalue weighted by molar-refractivity contribution is 7.12. The van der Waals surface area contributed by atoms with E-state index in [4.69, 9.17) is 0 Å². The summed E-state index contributed by atoms with van der Waals surface area (Å²) in [6.45, 7) is 2.66. The van der Waals surface area contributed by atoms with Crippen LogP contribution < -0.4 is 5.32 Å². The van der Waals surface area contributed by atoms with Gasteiger partial charge in [0, 0.05) is 12.1 Å². The Morgan fingerprint density at radius 2 is 2.05 bits per heavy atom. The van der Waals surface area contributed by atoms with Crippen molar-refractivity contribution in [1.82, 2.24) is 5.32 Å². The van der Waals surface area contributed by atoms with E-state index in [1.807, 2.05) is 60.9 Å². The number of thiophene rings is 1. The Hall–Kier alpha value is -1.87. The molecule has 0 aliphatic heterocycles. The first kappa shape index (κ1) is 13.6. The van der Waals surface area contributed by atoms with E-state index in [2.05, 4.69) is 5.32 Å². The summed E-state index contributed by atoms with van der Waals surface area (Å²) in [5.41, 5.74) is 2.09. The van der Waals surface area contributed by atoms with Crippen LogP contribution in [0.25, 0.3) is 11.1 Å². The van der Waals surface area contributed by atoms with Gasteiger partial charge in [0.25, 0.3) is 5.91 Å². The summed E-state index contributed by atoms with van der Waals surface area (Å²) in [5.74, 6) is 0.0124. The lowest BCUT2D eigenvalue weighted by molar-refractivity contribution is 0.0959. The number of allylic oxidation sites excluding steroid dienone is 1. The summed E-state index contributed by atoms with van der Waals surface area (Å²) in [4.78, 5) is 12.9. The Bertz CT molecular complexity index is 557. The number of carbonyl (C=O) groups excluding carboxylic acids is 1. The quantitative estimate of drug-likeness (QED) is 0.643. The molecule has 2 aromatic rings. The van der Waals surface area contributed by atoms with Gasteiger partial charge < -0.3 is 5.32 Å². The molecule has 0 fully saturated rings. The molecule has 1 N–H and O–H groups in total. The summed E-state index contributed by atoms with van der Waals surface area (Å²) in [5, 5.41) is 4.91. The molecule has 0 aliphatic rings. The molecule has 2 rings (SSSR count). The van der Waals surface area contributed by atoms with Gasteiger partial charge in [0.2, 0.25) is 0 Å². The van der Waals surface area contributed by atoms with E-state index >= 15 is 0 Å². The zero-order valence-electron chi connectivity index (χ0n) is 10.9. The van der Waals surface area contributed by atoms with Crippen LogP contribution in [0.4, 0.5) is 0 Å². The first-order valence-corrected chi connectivity index (χ1v) is 7.23. The molecule has 0 unspecified atom stereocenters. The van der Waals surface area contributed by atoms with Crippen LogP contribution in [-0.4, -0.2) is 12.5 Å². The molecular formula is C16H17NOS. The second-order valence-electron chi connectivity index (χ2n) is 4.14. The number of hydrogen-bond donors (Lipinski definition) is 1. The van der Waals surface area contributed by atoms with E-state index in [0.717, 1.165) is 22.4 Å². The molecule has 0 spiro atoms. The van der Waals surface area contributed by atoms with Crippen molar-refractivity contribution in [1.29, 1.82) is 0 Å². The second-order valence-corrected chi connectivity index (χ2v) is 5.06. The molecule has 1 amide bonds. The van der Waals surface area contributed by atoms with Crippen LogP contribution in [0.15, 0.2) is 53.9 Å². The van der Waals surface area contributed by atoms with Crippen molar-refractivity contribution >= 4 is 17.2 Å². The SMILES string of the molecule is C/C=C/CCNC(=O)c1sccc1-c1ccccc1. The Labute approximate surface area is 117 Å². The number of hydrogen-bond acceptors (Lipinski definition) is 2. The van der Waals surface area contributed by atoms with Crippen LogP contribution in [0.5, 0.6) is 0 Å². The molecule has 1 aromatic carbocycles. The predicted molar refractivity (Wildman–Crippen MR) is 81.5 cm³/mol. The van der Waals surface area contributed by atoms with Gasteiger partial charge in [-0.15, -0.1) is 11.3 Å². The molecule has 3 heteroatoms. The van der Waals surface area contributed by atoms with Crippen molar-refractivity contribution in [2.45, 2.75) is 13.3 Å². The number of carbonyl (C=O) groups is 1. The van der Waals surface area contributed by atoms with Crippen molar-refractivity contribution < 1.29 is 4.79 Å². The molecule has 0 saturated heterocycles. The summed E-state index contributed by atoms with van der Waals surface area (Å²) in [6, 6.07) is 12.0. The molecule has 2 nitrogen and oxygen atoms in total. The zero-order chi connectivity index (χ0) is 13.5. The van der Waals surface area contributed by atoms with Crippen molar-refractivity contribution in [2.75, 3.05) is 6.54 Å². The maximum Gasteiger partial charge on any atom is 0.261 e. The minimum absolute atomic E-state index is 0.0124. The van der Waals surface area contributed by atoms with E-state index in [-0.39, 0.29) is 5.91 Å². The summed E-state index contributed by atoms with van der Waals surface area (Å²) < 4.78 is 0. The monoisotopic (exact) mass is 271 g/mol. The first-order valence-electron chi connectivity index (χ1n) is 6.35. The number of rotatable bonds is 5. The van der Waals surface area contributed by atoms with Crippen LogP contribution in [0.3, 0.4) is 0 Å². The fraction of sp³-hybridized carbons (Fsp3) is 0.188. The molecule has 19 heavy (non-hydrogen) atoms. The van der Waals surface area contributed by atoms with Gasteiger partial charge in [0.1, 0.15) is 0 Å². The van der Waals surface area contributed by atoms with Gasteiger partial charge in [-0.2, -0.15) is 0 Å². The number of nitrogens with one attached hydrogen (secondary N) is 1. The smallest absolute Gasteiger partial charge is 0.261 e. The third kappa shape index (κ3) is 3.55. The summed E-state index contributed by atoms with van der Waals surface area (Å²) in [6.07, 6.45) is 4.91. The van der Waals surface area contributed by atoms with Gasteiger partial charge in [0.15, 0.2) is 0 Å². The van der Waals surface area contributed by atoms with Gasteiger partial charge >= 0.3 is 0 Å². The molecule has 98 valence electrons. The van der Waals surface area contributed by atoms with Crippen molar-refractivity contribution in [3.63, 3.8) is 0 Å². The van der Waals surface area contributed by atoms with Gasteiger partial charge in [-0.25, -0.2) is 0 Å². The standard InChI is InChI=1S/C16H17NOS/c1-2-3-7-11-17-16(18)15-14(10-12-19-15)13-8-5-4-6-9-13/h2-6,8-10,12H,7,11H2,1H3,(H,17,18)/b3-2+. The maximum absolute atomic E-state index is 12.1. The summed E-state index contributed by atoms with van der Waals surface area (Å²) >= 11 is 1.49. The fourth-order valence-electron chi connectivity index (χ4n) is 1.85. The molecule has 0 atom stereocenters. The van der Waals surface area contributed by atoms with Crippen LogP contribution in [-0.2, 0) is 0 Å². The highest BCUT2D eigenvalue weighted by Gasteiger charge is 2.13. The minimum Gasteiger partial charge on any atom is -0.351 e. The molecule has 0 bridgehead atoms. The largest absolute Gasteiger partial charge is 0.351 e. The van der Waals surface area contributed by atoms with Gasteiger partial charge in [-0.05, 0) is 30.4 Å². The predicted octanol–water partition coefficient (Wildman–Crippen LogP) is 4.11. The minimum atomic E-state index is 0.0124. The Balaban J connectivity index is 2.09. The van der Waals surface area contributed by atoms with Crippen molar-refractivity contribution in [3.05, 3.63) is 58.8 Å². The lowest BCUT2D eigenvalue weighted by Crippen LogP contribution is -2.23. The van der Waals surface area contributed by atoms with E-state index in [1.54, 1.807) is 0 Å². The van der Waals surface area contributed by atoms with E-state index in [9.17, 15) is 4.79 Å². The van der Waals surface area contributed by atoms with E-state index < -0.39 is 0 Å². The zero-order valence-corrected chi connectivity index (χ0v) is 11.7. The van der Waals surface area contributed by atoms with Gasteiger partial charge in [-0.1, -0.05) is 42.5 Å². The van der Waals surface area contributed by atoms with Crippen LogP contribution in [0.1, 0.15) is 23.0 Å². The topological polar surface area (TPSA) is 29.1 Å². The lowest BCUT2D eigenvalue weighted by atomic mass is 10.1. The third-order valence-corrected chi connectivity index (χ3v) is 3.70. The van der Waals surface area contributed by atoms with E-state index in [0.29, 0.717) is 6.54 Å². The normalized spacial score (nSPS) is 10.8. The lowest BCUT2D eigenvalue weighted by Gasteiger charge is -2.05. The third-order valence-electron chi connectivity index (χ3n) is 2.79. The Morgan fingerprint density at radius 1 is 1.26 bits per heavy atom. The van der Waals surface area contributed by atoms with Crippen molar-refractivity contribution in [3.8, 4) is 11.1 Å². The molecular weight excluding hydrogens is 254 g/mol. The van der Waals surface area contributed by atoms with E-state index in [1.165, 1.54) is 11.3 Å². The first-order chi connectivity index (χ1) is 9.33. The fourth-order valence-corrected chi connectivity index (χ4v) is 2.68. The van der Waals surface area contributed by atoms with Gasteiger partial charge in [0.05, 0.1) is 4.88 Å². The molecule has 1 heterocycles.